The number of carboxylic acid groups (broad SMARTS) is 3. The first-order chi connectivity index (χ1) is 18.7. The molecule has 0 saturated carbocycles. The number of carbonyl (C=O) groups excluding carboxylic acids is 1. The van der Waals surface area contributed by atoms with Crippen LogP contribution in [0.1, 0.15) is 38.2 Å². The van der Waals surface area contributed by atoms with E-state index in [4.69, 9.17) is 4.74 Å². The summed E-state index contributed by atoms with van der Waals surface area (Å²) < 4.78 is 5.71. The van der Waals surface area contributed by atoms with E-state index in [0.717, 1.165) is 18.6 Å². The molecular formula is C27H42N4O8. The molecule has 0 aromatic heterocycles. The molecule has 39 heavy (non-hydrogen) atoms. The maximum absolute atomic E-state index is 12.4. The Balaban J connectivity index is 1.82. The number of amides is 1. The van der Waals surface area contributed by atoms with Crippen molar-refractivity contribution < 1.29 is 39.2 Å². The first-order valence-corrected chi connectivity index (χ1v) is 13.5. The van der Waals surface area contributed by atoms with Gasteiger partial charge in [-0.3, -0.25) is 33.9 Å². The Kier molecular flexibility index (Phi) is 14.3. The summed E-state index contributed by atoms with van der Waals surface area (Å²) in [4.78, 5) is 52.0. The maximum Gasteiger partial charge on any atom is 0.320 e. The number of nitrogens with zero attached hydrogens (tertiary/aromatic N) is 3. The molecular weight excluding hydrogens is 508 g/mol. The lowest BCUT2D eigenvalue weighted by Crippen LogP contribution is -2.47. The number of carboxylic acids is 3. The molecule has 0 spiro atoms. The zero-order valence-corrected chi connectivity index (χ0v) is 22.7. The molecule has 1 fully saturated rings. The summed E-state index contributed by atoms with van der Waals surface area (Å²) >= 11 is 0. The van der Waals surface area contributed by atoms with E-state index in [1.165, 1.54) is 5.56 Å². The van der Waals surface area contributed by atoms with Gasteiger partial charge in [-0.25, -0.2) is 0 Å². The average Bonchev–Trinajstić information content (AvgIpc) is 2.96. The second-order valence-electron chi connectivity index (χ2n) is 9.71. The molecule has 1 aromatic carbocycles. The number of hydrogen-bond acceptors (Lipinski definition) is 8. The van der Waals surface area contributed by atoms with Crippen LogP contribution in [0.4, 0.5) is 0 Å². The molecule has 1 atom stereocenters. The van der Waals surface area contributed by atoms with Gasteiger partial charge in [-0.05, 0) is 37.0 Å². The van der Waals surface area contributed by atoms with Crippen molar-refractivity contribution >= 4 is 23.8 Å². The molecule has 0 bridgehead atoms. The van der Waals surface area contributed by atoms with E-state index >= 15 is 0 Å². The largest absolute Gasteiger partial charge is 0.494 e. The number of rotatable bonds is 16. The number of aryl methyl sites for hydroxylation is 1. The highest BCUT2D eigenvalue weighted by Crippen LogP contribution is 2.14. The number of benzene rings is 1. The zero-order chi connectivity index (χ0) is 28.6. The standard InChI is InChI=1S/C27H42N4O8/c1-2-4-21-5-7-22(8-6-21)39-18-3-11-28-24(32)10-9-23(27(37)38)31-16-14-29(19-25(33)34)12-13-30(15-17-31)20-26(35)36/h5-8,23H,2-4,9-20H2,1H3,(H,28,32)(H,33,34)(H,35,36)(H,37,38). The number of hydrogen-bond donors (Lipinski definition) is 4. The van der Waals surface area contributed by atoms with Gasteiger partial charge in [0.05, 0.1) is 19.7 Å². The first kappa shape index (κ1) is 32.0. The molecule has 2 rings (SSSR count). The summed E-state index contributed by atoms with van der Waals surface area (Å²) in [6, 6.07) is 7.00. The highest BCUT2D eigenvalue weighted by molar-refractivity contribution is 5.78. The Morgan fingerprint density at radius 2 is 1.46 bits per heavy atom. The second-order valence-corrected chi connectivity index (χ2v) is 9.71. The molecule has 1 amide bonds. The Morgan fingerprint density at radius 1 is 0.897 bits per heavy atom. The van der Waals surface area contributed by atoms with Crippen LogP contribution >= 0.6 is 0 Å². The van der Waals surface area contributed by atoms with E-state index in [-0.39, 0.29) is 31.8 Å². The third kappa shape index (κ3) is 12.9. The van der Waals surface area contributed by atoms with E-state index in [9.17, 15) is 34.5 Å². The summed E-state index contributed by atoms with van der Waals surface area (Å²) in [7, 11) is 0. The minimum Gasteiger partial charge on any atom is -0.494 e. The van der Waals surface area contributed by atoms with Gasteiger partial charge < -0.3 is 25.4 Å². The van der Waals surface area contributed by atoms with Gasteiger partial charge in [0.25, 0.3) is 0 Å². The minimum atomic E-state index is -1.07. The third-order valence-electron chi connectivity index (χ3n) is 6.60. The third-order valence-corrected chi connectivity index (χ3v) is 6.60. The van der Waals surface area contributed by atoms with E-state index in [1.54, 1.807) is 14.7 Å². The quantitative estimate of drug-likeness (QED) is 0.216. The fourth-order valence-electron chi connectivity index (χ4n) is 4.52. The predicted molar refractivity (Wildman–Crippen MR) is 144 cm³/mol. The van der Waals surface area contributed by atoms with Gasteiger partial charge in [0.15, 0.2) is 0 Å². The summed E-state index contributed by atoms with van der Waals surface area (Å²) in [5.74, 6) is -2.57. The molecule has 1 aliphatic rings. The highest BCUT2D eigenvalue weighted by atomic mass is 16.5. The molecule has 0 radical (unpaired) electrons. The van der Waals surface area contributed by atoms with Gasteiger partial charge >= 0.3 is 17.9 Å². The van der Waals surface area contributed by atoms with Crippen LogP contribution in [0.3, 0.4) is 0 Å². The van der Waals surface area contributed by atoms with Crippen LogP contribution in [0.25, 0.3) is 0 Å². The smallest absolute Gasteiger partial charge is 0.320 e. The van der Waals surface area contributed by atoms with Gasteiger partial charge in [0.1, 0.15) is 11.8 Å². The summed E-state index contributed by atoms with van der Waals surface area (Å²) in [5.41, 5.74) is 1.26. The van der Waals surface area contributed by atoms with Crippen molar-refractivity contribution in [2.45, 2.75) is 45.1 Å². The SMILES string of the molecule is CCCc1ccc(OCCCNC(=O)CCC(C(=O)O)N2CCN(CC(=O)O)CCN(CC(=O)O)CC2)cc1. The molecule has 12 nitrogen and oxygen atoms in total. The number of carbonyl (C=O) groups is 4. The van der Waals surface area contributed by atoms with Crippen molar-refractivity contribution in [2.24, 2.45) is 0 Å². The lowest BCUT2D eigenvalue weighted by Gasteiger charge is -2.30. The molecule has 4 N–H and O–H groups in total. The van der Waals surface area contributed by atoms with Crippen LogP contribution in [-0.2, 0) is 25.6 Å². The van der Waals surface area contributed by atoms with Crippen molar-refractivity contribution in [1.29, 1.82) is 0 Å². The van der Waals surface area contributed by atoms with Crippen LogP contribution in [0.5, 0.6) is 5.75 Å². The molecule has 12 heteroatoms. The molecule has 1 heterocycles. The molecule has 1 aliphatic heterocycles. The van der Waals surface area contributed by atoms with Crippen LogP contribution in [-0.4, -0.2) is 125 Å². The van der Waals surface area contributed by atoms with Crippen LogP contribution < -0.4 is 10.1 Å². The van der Waals surface area contributed by atoms with E-state index < -0.39 is 23.9 Å². The Morgan fingerprint density at radius 3 is 1.97 bits per heavy atom. The van der Waals surface area contributed by atoms with Gasteiger partial charge in [-0.15, -0.1) is 0 Å². The Labute approximate surface area is 229 Å². The van der Waals surface area contributed by atoms with Crippen molar-refractivity contribution in [3.05, 3.63) is 29.8 Å². The fraction of sp³-hybridized carbons (Fsp3) is 0.630. The van der Waals surface area contributed by atoms with Crippen LogP contribution in [0.2, 0.25) is 0 Å². The zero-order valence-electron chi connectivity index (χ0n) is 22.7. The molecule has 0 aliphatic carbocycles. The van der Waals surface area contributed by atoms with E-state index in [2.05, 4.69) is 12.2 Å². The average molecular weight is 551 g/mol. The molecule has 1 saturated heterocycles. The van der Waals surface area contributed by atoms with Gasteiger partial charge in [-0.1, -0.05) is 25.5 Å². The van der Waals surface area contributed by atoms with Crippen LogP contribution in [0, 0.1) is 0 Å². The van der Waals surface area contributed by atoms with E-state index in [1.807, 2.05) is 24.3 Å². The number of ether oxygens (including phenoxy) is 1. The van der Waals surface area contributed by atoms with Crippen molar-refractivity contribution in [3.63, 3.8) is 0 Å². The minimum absolute atomic E-state index is 0.0187. The van der Waals surface area contributed by atoms with Crippen molar-refractivity contribution in [3.8, 4) is 5.75 Å². The summed E-state index contributed by atoms with van der Waals surface area (Å²) in [6.45, 7) is 4.50. The Bertz CT molecular complexity index is 899. The Hall–Kier alpha value is -3.22. The van der Waals surface area contributed by atoms with Gasteiger partial charge in [-0.2, -0.15) is 0 Å². The second kappa shape index (κ2) is 17.4. The topological polar surface area (TPSA) is 160 Å². The van der Waals surface area contributed by atoms with Crippen LogP contribution in [0.15, 0.2) is 24.3 Å². The van der Waals surface area contributed by atoms with Gasteiger partial charge in [0.2, 0.25) is 5.91 Å². The maximum atomic E-state index is 12.4. The highest BCUT2D eigenvalue weighted by Gasteiger charge is 2.28. The van der Waals surface area contributed by atoms with E-state index in [0.29, 0.717) is 58.8 Å². The lowest BCUT2D eigenvalue weighted by molar-refractivity contribution is -0.144. The van der Waals surface area contributed by atoms with Crippen molar-refractivity contribution in [2.75, 3.05) is 65.5 Å². The first-order valence-electron chi connectivity index (χ1n) is 13.5. The number of aliphatic carboxylic acids is 3. The number of nitrogens with one attached hydrogen (secondary N) is 1. The lowest BCUT2D eigenvalue weighted by atomic mass is 10.1. The normalized spacial score (nSPS) is 16.4. The fourth-order valence-corrected chi connectivity index (χ4v) is 4.52. The predicted octanol–water partition coefficient (Wildman–Crippen LogP) is 0.846. The molecule has 1 aromatic rings. The molecule has 218 valence electrons. The molecule has 1 unspecified atom stereocenters. The monoisotopic (exact) mass is 550 g/mol. The summed E-state index contributed by atoms with van der Waals surface area (Å²) in [5, 5.41) is 31.1. The van der Waals surface area contributed by atoms with Gasteiger partial charge in [0, 0.05) is 52.2 Å². The summed E-state index contributed by atoms with van der Waals surface area (Å²) in [6.07, 6.45) is 2.82. The van der Waals surface area contributed by atoms with Crippen molar-refractivity contribution in [1.82, 2.24) is 20.0 Å².